The van der Waals surface area contributed by atoms with Gasteiger partial charge in [0.1, 0.15) is 0 Å². The van der Waals surface area contributed by atoms with E-state index in [1.807, 2.05) is 0 Å². The molecule has 0 amide bonds. The van der Waals surface area contributed by atoms with Gasteiger partial charge in [-0.05, 0) is 30.2 Å². The molecule has 2 nitrogen and oxygen atoms in total. The Morgan fingerprint density at radius 2 is 1.40 bits per heavy atom. The molecular weight excluding hydrogens is 377 g/mol. The van der Waals surface area contributed by atoms with Crippen LogP contribution in [0.4, 0.5) is 30.7 Å². The highest BCUT2D eigenvalue weighted by molar-refractivity contribution is 5.85. The maximum atomic E-state index is 13.0. The van der Waals surface area contributed by atoms with Crippen LogP contribution in [-0.4, -0.2) is 37.8 Å². The lowest BCUT2D eigenvalue weighted by Gasteiger charge is -2.35. The van der Waals surface area contributed by atoms with E-state index < -0.39 is 36.2 Å². The monoisotopic (exact) mass is 394 g/mol. The van der Waals surface area contributed by atoms with Crippen molar-refractivity contribution >= 4 is 12.4 Å². The van der Waals surface area contributed by atoms with Gasteiger partial charge in [-0.25, -0.2) is 0 Å². The Labute approximate surface area is 146 Å². The minimum absolute atomic E-state index is 0. The lowest BCUT2D eigenvalue weighted by molar-refractivity contribution is -0.143. The highest BCUT2D eigenvalue weighted by Gasteiger charge is 2.38. The Hall–Kier alpha value is -1.06. The van der Waals surface area contributed by atoms with Gasteiger partial charge in [0.2, 0.25) is 0 Å². The highest BCUT2D eigenvalue weighted by atomic mass is 35.5. The molecule has 1 N–H and O–H groups in total. The normalized spacial score (nSPS) is 17.9. The van der Waals surface area contributed by atoms with Crippen LogP contribution in [-0.2, 0) is 12.4 Å². The molecule has 1 atom stereocenters. The van der Waals surface area contributed by atoms with Crippen LogP contribution in [0.5, 0.6) is 0 Å². The largest absolute Gasteiger partial charge is 0.416 e. The third-order valence-electron chi connectivity index (χ3n) is 3.97. The summed E-state index contributed by atoms with van der Waals surface area (Å²) in [6.45, 7) is 1.14. The zero-order valence-corrected chi connectivity index (χ0v) is 13.9. The summed E-state index contributed by atoms with van der Waals surface area (Å²) < 4.78 is 90.6. The Kier molecular flexibility index (Phi) is 7.52. The Morgan fingerprint density at radius 3 is 1.80 bits per heavy atom. The predicted molar refractivity (Wildman–Crippen MR) is 81.5 cm³/mol. The summed E-state index contributed by atoms with van der Waals surface area (Å²) in [5, 5.41) is 3.04. The number of rotatable bonds is 4. The molecule has 0 bridgehead atoms. The van der Waals surface area contributed by atoms with Gasteiger partial charge in [-0.3, -0.25) is 9.29 Å². The highest BCUT2D eigenvalue weighted by Crippen LogP contribution is 2.39. The first kappa shape index (κ1) is 22.0. The maximum absolute atomic E-state index is 13.0. The van der Waals surface area contributed by atoms with E-state index in [2.05, 4.69) is 5.32 Å². The van der Waals surface area contributed by atoms with Crippen molar-refractivity contribution in [2.75, 3.05) is 32.9 Å². The van der Waals surface area contributed by atoms with Gasteiger partial charge < -0.3 is 5.32 Å². The van der Waals surface area contributed by atoms with E-state index in [0.29, 0.717) is 38.3 Å². The van der Waals surface area contributed by atoms with E-state index in [0.717, 1.165) is 0 Å². The summed E-state index contributed by atoms with van der Waals surface area (Å²) in [5.41, 5.74) is -2.89. The lowest BCUT2D eigenvalue weighted by Crippen LogP contribution is -2.45. The first-order valence-corrected chi connectivity index (χ1v) is 7.43. The minimum Gasteiger partial charge on any atom is -0.314 e. The molecule has 1 heterocycles. The van der Waals surface area contributed by atoms with Crippen LogP contribution in [0.25, 0.3) is 0 Å². The van der Waals surface area contributed by atoms with Crippen molar-refractivity contribution in [3.63, 3.8) is 0 Å². The fourth-order valence-corrected chi connectivity index (χ4v) is 2.83. The van der Waals surface area contributed by atoms with Gasteiger partial charge >= 0.3 is 12.4 Å². The number of piperazine rings is 1. The minimum atomic E-state index is -4.90. The first-order chi connectivity index (χ1) is 11.1. The molecule has 1 fully saturated rings. The van der Waals surface area contributed by atoms with Crippen molar-refractivity contribution in [3.05, 3.63) is 34.9 Å². The molecule has 144 valence electrons. The van der Waals surface area contributed by atoms with E-state index in [4.69, 9.17) is 0 Å². The molecule has 1 aromatic carbocycles. The Balaban J connectivity index is 0.00000312. The van der Waals surface area contributed by atoms with Gasteiger partial charge in [-0.1, -0.05) is 0 Å². The molecule has 0 radical (unpaired) electrons. The van der Waals surface area contributed by atoms with Crippen molar-refractivity contribution in [1.82, 2.24) is 10.2 Å². The second-order valence-corrected chi connectivity index (χ2v) is 5.62. The molecule has 2 rings (SSSR count). The summed E-state index contributed by atoms with van der Waals surface area (Å²) in [6.07, 6.45) is -9.96. The fraction of sp³-hybridized carbons (Fsp3) is 0.600. The summed E-state index contributed by atoms with van der Waals surface area (Å²) in [5.74, 6) is 0. The van der Waals surface area contributed by atoms with Crippen LogP contribution in [0.3, 0.4) is 0 Å². The van der Waals surface area contributed by atoms with Crippen LogP contribution in [0.2, 0.25) is 0 Å². The van der Waals surface area contributed by atoms with E-state index in [1.54, 1.807) is 4.90 Å². The van der Waals surface area contributed by atoms with Crippen molar-refractivity contribution in [1.29, 1.82) is 0 Å². The fourth-order valence-electron chi connectivity index (χ4n) is 2.83. The van der Waals surface area contributed by atoms with Crippen LogP contribution in [0.1, 0.15) is 29.2 Å². The molecule has 1 aromatic rings. The molecule has 0 aliphatic carbocycles. The quantitative estimate of drug-likeness (QED) is 0.759. The number of halogens is 8. The van der Waals surface area contributed by atoms with E-state index in [9.17, 15) is 30.7 Å². The van der Waals surface area contributed by atoms with Gasteiger partial charge in [-0.2, -0.15) is 26.3 Å². The number of alkyl halides is 7. The average Bonchev–Trinajstić information content (AvgIpc) is 2.51. The van der Waals surface area contributed by atoms with Crippen LogP contribution in [0.15, 0.2) is 18.2 Å². The van der Waals surface area contributed by atoms with Gasteiger partial charge in [0, 0.05) is 32.2 Å². The van der Waals surface area contributed by atoms with Crippen LogP contribution in [0, 0.1) is 0 Å². The zero-order valence-electron chi connectivity index (χ0n) is 13.1. The molecular formula is C15H18ClF7N2. The van der Waals surface area contributed by atoms with Crippen molar-refractivity contribution < 1.29 is 30.7 Å². The molecule has 1 saturated heterocycles. The van der Waals surface area contributed by atoms with Crippen molar-refractivity contribution in [2.24, 2.45) is 0 Å². The number of nitrogens with zero attached hydrogens (tertiary/aromatic N) is 1. The SMILES string of the molecule is Cl.FCC[C@H](c1cc(C(F)(F)F)cc(C(F)(F)F)c1)N1CCNCC1. The predicted octanol–water partition coefficient (Wildman–Crippen LogP) is 4.45. The molecule has 0 aromatic heterocycles. The van der Waals surface area contributed by atoms with Gasteiger partial charge in [0.05, 0.1) is 17.8 Å². The molecule has 0 saturated carbocycles. The number of nitrogens with one attached hydrogen (secondary N) is 1. The van der Waals surface area contributed by atoms with Gasteiger partial charge in [0.15, 0.2) is 0 Å². The van der Waals surface area contributed by atoms with Crippen molar-refractivity contribution in [3.8, 4) is 0 Å². The van der Waals surface area contributed by atoms with Crippen molar-refractivity contribution in [2.45, 2.75) is 24.8 Å². The van der Waals surface area contributed by atoms with Gasteiger partial charge in [-0.15, -0.1) is 12.4 Å². The molecule has 10 heteroatoms. The van der Waals surface area contributed by atoms with Crippen LogP contribution >= 0.6 is 12.4 Å². The summed E-state index contributed by atoms with van der Waals surface area (Å²) in [6, 6.07) is 0.656. The molecule has 0 unspecified atom stereocenters. The van der Waals surface area contributed by atoms with Crippen LogP contribution < -0.4 is 5.32 Å². The van der Waals surface area contributed by atoms with E-state index in [1.165, 1.54) is 0 Å². The number of hydrogen-bond acceptors (Lipinski definition) is 2. The number of hydrogen-bond donors (Lipinski definition) is 1. The topological polar surface area (TPSA) is 15.3 Å². The second kappa shape index (κ2) is 8.55. The average molecular weight is 395 g/mol. The zero-order chi connectivity index (χ0) is 18.0. The third-order valence-corrected chi connectivity index (χ3v) is 3.97. The molecule has 1 aliphatic heterocycles. The summed E-state index contributed by atoms with van der Waals surface area (Å²) >= 11 is 0. The summed E-state index contributed by atoms with van der Waals surface area (Å²) in [7, 11) is 0. The smallest absolute Gasteiger partial charge is 0.314 e. The molecule has 0 spiro atoms. The maximum Gasteiger partial charge on any atom is 0.416 e. The third kappa shape index (κ3) is 5.72. The van der Waals surface area contributed by atoms with E-state index in [-0.39, 0.29) is 30.5 Å². The lowest BCUT2D eigenvalue weighted by atomic mass is 9.96. The summed E-state index contributed by atoms with van der Waals surface area (Å²) in [4.78, 5) is 1.71. The second-order valence-electron chi connectivity index (χ2n) is 5.62. The first-order valence-electron chi connectivity index (χ1n) is 7.43. The standard InChI is InChI=1S/C15H17F7N2.ClH/c16-2-1-13(24-5-3-23-4-6-24)10-7-11(14(17,18)19)9-12(8-10)15(20,21)22;/h7-9,13,23H,1-6H2;1H/t13-;/m1./s1. The Bertz CT molecular complexity index is 522. The van der Waals surface area contributed by atoms with Gasteiger partial charge in [0.25, 0.3) is 0 Å². The molecule has 25 heavy (non-hydrogen) atoms. The van der Waals surface area contributed by atoms with E-state index >= 15 is 0 Å². The Morgan fingerprint density at radius 1 is 0.920 bits per heavy atom. The number of benzene rings is 1. The molecule has 1 aliphatic rings.